The standard InChI is InChI=1S/C13H9ClF2OS/c14-13-5-4-9(18-13)6-8(17)7-10-11(15)2-1-3-12(10)16/h1-5H,6-7H2. The van der Waals surface area contributed by atoms with Gasteiger partial charge in [-0.1, -0.05) is 17.7 Å². The first-order chi connectivity index (χ1) is 8.56. The Hall–Kier alpha value is -1.26. The smallest absolute Gasteiger partial charge is 0.142 e. The largest absolute Gasteiger partial charge is 0.299 e. The van der Waals surface area contributed by atoms with Crippen molar-refractivity contribution in [2.45, 2.75) is 12.8 Å². The second-order valence-corrected chi connectivity index (χ2v) is 5.60. The number of Topliss-reactive ketones (excluding diaryl/α,β-unsaturated/α-hetero) is 1. The summed E-state index contributed by atoms with van der Waals surface area (Å²) >= 11 is 7.03. The molecule has 2 aromatic rings. The van der Waals surface area contributed by atoms with Crippen molar-refractivity contribution in [2.75, 3.05) is 0 Å². The maximum atomic E-state index is 13.3. The Kier molecular flexibility index (Phi) is 4.09. The van der Waals surface area contributed by atoms with Crippen molar-refractivity contribution in [3.63, 3.8) is 0 Å². The Balaban J connectivity index is 2.08. The van der Waals surface area contributed by atoms with Gasteiger partial charge in [-0.25, -0.2) is 8.78 Å². The molecule has 0 unspecified atom stereocenters. The van der Waals surface area contributed by atoms with E-state index in [9.17, 15) is 13.6 Å². The van der Waals surface area contributed by atoms with Crippen LogP contribution in [0.3, 0.4) is 0 Å². The van der Waals surface area contributed by atoms with E-state index >= 15 is 0 Å². The topological polar surface area (TPSA) is 17.1 Å². The highest BCUT2D eigenvalue weighted by Gasteiger charge is 2.14. The van der Waals surface area contributed by atoms with Gasteiger partial charge in [0.25, 0.3) is 0 Å². The highest BCUT2D eigenvalue weighted by Crippen LogP contribution is 2.22. The van der Waals surface area contributed by atoms with Gasteiger partial charge in [-0.3, -0.25) is 4.79 Å². The molecule has 0 aliphatic carbocycles. The van der Waals surface area contributed by atoms with Crippen LogP contribution in [0.4, 0.5) is 8.78 Å². The molecule has 0 aliphatic rings. The number of benzene rings is 1. The van der Waals surface area contributed by atoms with Crippen molar-refractivity contribution in [1.82, 2.24) is 0 Å². The number of thiophene rings is 1. The molecule has 0 radical (unpaired) electrons. The first kappa shape index (κ1) is 13.2. The summed E-state index contributed by atoms with van der Waals surface area (Å²) in [6.07, 6.45) is -0.0980. The highest BCUT2D eigenvalue weighted by atomic mass is 35.5. The molecule has 0 N–H and O–H groups in total. The number of rotatable bonds is 4. The average molecular weight is 287 g/mol. The van der Waals surface area contributed by atoms with Crippen molar-refractivity contribution < 1.29 is 13.6 Å². The van der Waals surface area contributed by atoms with E-state index in [4.69, 9.17) is 11.6 Å². The van der Waals surface area contributed by atoms with Gasteiger partial charge in [-0.15, -0.1) is 11.3 Å². The van der Waals surface area contributed by atoms with E-state index in [-0.39, 0.29) is 24.2 Å². The van der Waals surface area contributed by atoms with Crippen LogP contribution in [0.1, 0.15) is 10.4 Å². The van der Waals surface area contributed by atoms with Crippen molar-refractivity contribution in [3.8, 4) is 0 Å². The summed E-state index contributed by atoms with van der Waals surface area (Å²) in [6, 6.07) is 7.00. The zero-order chi connectivity index (χ0) is 13.1. The molecule has 0 amide bonds. The van der Waals surface area contributed by atoms with Gasteiger partial charge in [0, 0.05) is 23.3 Å². The Morgan fingerprint density at radius 2 is 1.78 bits per heavy atom. The van der Waals surface area contributed by atoms with Crippen LogP contribution in [0.25, 0.3) is 0 Å². The van der Waals surface area contributed by atoms with Crippen LogP contribution >= 0.6 is 22.9 Å². The molecule has 0 bridgehead atoms. The van der Waals surface area contributed by atoms with Gasteiger partial charge >= 0.3 is 0 Å². The normalized spacial score (nSPS) is 10.6. The Labute approximate surface area is 112 Å². The fourth-order valence-corrected chi connectivity index (χ4v) is 2.72. The summed E-state index contributed by atoms with van der Waals surface area (Å²) in [5.41, 5.74) is -0.176. The Morgan fingerprint density at radius 1 is 1.11 bits per heavy atom. The number of carbonyl (C=O) groups is 1. The summed E-state index contributed by atoms with van der Waals surface area (Å²) in [5, 5.41) is 0. The van der Waals surface area contributed by atoms with Gasteiger partial charge in [0.05, 0.1) is 4.34 Å². The molecule has 1 nitrogen and oxygen atoms in total. The van der Waals surface area contributed by atoms with Crippen molar-refractivity contribution in [1.29, 1.82) is 0 Å². The van der Waals surface area contributed by atoms with Crippen LogP contribution in [-0.4, -0.2) is 5.78 Å². The molecular weight excluding hydrogens is 278 g/mol. The lowest BCUT2D eigenvalue weighted by Crippen LogP contribution is -2.08. The lowest BCUT2D eigenvalue weighted by atomic mass is 10.1. The monoisotopic (exact) mass is 286 g/mol. The fraction of sp³-hybridized carbons (Fsp3) is 0.154. The first-order valence-electron chi connectivity index (χ1n) is 5.25. The molecule has 1 aromatic heterocycles. The number of halogens is 3. The van der Waals surface area contributed by atoms with Gasteiger partial charge in [0.15, 0.2) is 0 Å². The van der Waals surface area contributed by atoms with Crippen LogP contribution in [0.2, 0.25) is 4.34 Å². The minimum absolute atomic E-state index is 0.144. The van der Waals surface area contributed by atoms with E-state index in [1.807, 2.05) is 0 Å². The third kappa shape index (κ3) is 3.15. The van der Waals surface area contributed by atoms with Crippen molar-refractivity contribution in [3.05, 3.63) is 56.7 Å². The lowest BCUT2D eigenvalue weighted by Gasteiger charge is -2.03. The van der Waals surface area contributed by atoms with Crippen molar-refractivity contribution in [2.24, 2.45) is 0 Å². The molecule has 0 saturated heterocycles. The maximum absolute atomic E-state index is 13.3. The van der Waals surface area contributed by atoms with Gasteiger partial charge in [0.1, 0.15) is 17.4 Å². The fourth-order valence-electron chi connectivity index (χ4n) is 1.60. The van der Waals surface area contributed by atoms with E-state index in [2.05, 4.69) is 0 Å². The molecule has 0 saturated carbocycles. The molecule has 1 aromatic carbocycles. The molecule has 1 heterocycles. The molecule has 0 aliphatic heterocycles. The molecule has 5 heteroatoms. The third-order valence-electron chi connectivity index (χ3n) is 2.44. The van der Waals surface area contributed by atoms with E-state index in [1.54, 1.807) is 12.1 Å². The number of hydrogen-bond donors (Lipinski definition) is 0. The van der Waals surface area contributed by atoms with Gasteiger partial charge in [-0.2, -0.15) is 0 Å². The van der Waals surface area contributed by atoms with Gasteiger partial charge in [0.2, 0.25) is 0 Å². The third-order valence-corrected chi connectivity index (χ3v) is 3.67. The summed E-state index contributed by atoms with van der Waals surface area (Å²) < 4.78 is 27.3. The summed E-state index contributed by atoms with van der Waals surface area (Å²) in [5.74, 6) is -1.61. The summed E-state index contributed by atoms with van der Waals surface area (Å²) in [7, 11) is 0. The number of carbonyl (C=O) groups excluding carboxylic acids is 1. The summed E-state index contributed by atoms with van der Waals surface area (Å²) in [6.45, 7) is 0. The second kappa shape index (κ2) is 5.59. The quantitative estimate of drug-likeness (QED) is 0.829. The molecule has 18 heavy (non-hydrogen) atoms. The van der Waals surface area contributed by atoms with E-state index in [0.717, 1.165) is 17.0 Å². The number of ketones is 1. The van der Waals surface area contributed by atoms with Crippen LogP contribution in [0, 0.1) is 11.6 Å². The minimum atomic E-state index is -0.687. The predicted octanol–water partition coefficient (Wildman–Crippen LogP) is 4.03. The van der Waals surface area contributed by atoms with Crippen LogP contribution in [-0.2, 0) is 17.6 Å². The maximum Gasteiger partial charge on any atom is 0.142 e. The predicted molar refractivity (Wildman–Crippen MR) is 68.1 cm³/mol. The molecular formula is C13H9ClF2OS. The first-order valence-corrected chi connectivity index (χ1v) is 6.44. The van der Waals surface area contributed by atoms with Crippen LogP contribution in [0.15, 0.2) is 30.3 Å². The van der Waals surface area contributed by atoms with E-state index < -0.39 is 11.6 Å². The zero-order valence-electron chi connectivity index (χ0n) is 9.25. The molecule has 0 atom stereocenters. The Morgan fingerprint density at radius 3 is 2.33 bits per heavy atom. The van der Waals surface area contributed by atoms with Crippen molar-refractivity contribution >= 4 is 28.7 Å². The number of hydrogen-bond acceptors (Lipinski definition) is 2. The summed E-state index contributed by atoms with van der Waals surface area (Å²) in [4.78, 5) is 12.5. The van der Waals surface area contributed by atoms with E-state index in [1.165, 1.54) is 17.4 Å². The average Bonchev–Trinajstić information content (AvgIpc) is 2.69. The minimum Gasteiger partial charge on any atom is -0.299 e. The zero-order valence-corrected chi connectivity index (χ0v) is 10.8. The van der Waals surface area contributed by atoms with Crippen LogP contribution in [0.5, 0.6) is 0 Å². The van der Waals surface area contributed by atoms with Gasteiger partial charge < -0.3 is 0 Å². The van der Waals surface area contributed by atoms with E-state index in [0.29, 0.717) is 4.34 Å². The molecule has 0 spiro atoms. The van der Waals surface area contributed by atoms with Gasteiger partial charge in [-0.05, 0) is 24.3 Å². The second-order valence-electron chi connectivity index (χ2n) is 3.80. The highest BCUT2D eigenvalue weighted by molar-refractivity contribution is 7.16. The molecule has 0 fully saturated rings. The molecule has 94 valence electrons. The van der Waals surface area contributed by atoms with Crippen LogP contribution < -0.4 is 0 Å². The Bertz CT molecular complexity index is 560. The lowest BCUT2D eigenvalue weighted by molar-refractivity contribution is -0.117. The SMILES string of the molecule is O=C(Cc1ccc(Cl)s1)Cc1c(F)cccc1F. The molecule has 2 rings (SSSR count).